The highest BCUT2D eigenvalue weighted by atomic mass is 16.3. The van der Waals surface area contributed by atoms with Gasteiger partial charge in [0.2, 0.25) is 0 Å². The quantitative estimate of drug-likeness (QED) is 0.184. The maximum atomic E-state index is 6.82. The number of furan rings is 1. The predicted octanol–water partition coefficient (Wildman–Crippen LogP) is 11.8. The fourth-order valence-corrected chi connectivity index (χ4v) is 6.63. The lowest BCUT2D eigenvalue weighted by Crippen LogP contribution is -2.00. The van der Waals surface area contributed by atoms with Crippen LogP contribution in [0, 0.1) is 0 Å². The van der Waals surface area contributed by atoms with E-state index in [2.05, 4.69) is 115 Å². The van der Waals surface area contributed by atoms with E-state index in [1.54, 1.807) is 0 Å². The number of fused-ring (bicyclic) bond motifs is 3. The zero-order valence-electron chi connectivity index (χ0n) is 26.5. The van der Waals surface area contributed by atoms with Gasteiger partial charge in [0.15, 0.2) is 17.5 Å². The molecule has 0 aliphatic carbocycles. The summed E-state index contributed by atoms with van der Waals surface area (Å²) in [5.41, 5.74) is 11.1. The molecule has 0 fully saturated rings. The van der Waals surface area contributed by atoms with Crippen molar-refractivity contribution in [1.29, 1.82) is 0 Å². The molecule has 0 amide bonds. The van der Waals surface area contributed by atoms with Crippen LogP contribution in [0.2, 0.25) is 0 Å². The monoisotopic (exact) mass is 627 g/mol. The second-order valence-electron chi connectivity index (χ2n) is 12.0. The summed E-state index contributed by atoms with van der Waals surface area (Å²) < 4.78 is 6.82. The maximum absolute atomic E-state index is 6.82. The number of nitrogens with zero attached hydrogens (tertiary/aromatic N) is 3. The summed E-state index contributed by atoms with van der Waals surface area (Å²) in [7, 11) is 0. The van der Waals surface area contributed by atoms with Gasteiger partial charge in [0.1, 0.15) is 11.2 Å². The van der Waals surface area contributed by atoms with Gasteiger partial charge < -0.3 is 4.42 Å². The molecule has 4 nitrogen and oxygen atoms in total. The van der Waals surface area contributed by atoms with Gasteiger partial charge in [-0.3, -0.25) is 0 Å². The van der Waals surface area contributed by atoms with Gasteiger partial charge in [-0.15, -0.1) is 0 Å². The zero-order valence-corrected chi connectivity index (χ0v) is 26.5. The molecule has 0 N–H and O–H groups in total. The molecule has 0 saturated heterocycles. The Morgan fingerprint density at radius 3 is 1.31 bits per heavy atom. The number of hydrogen-bond donors (Lipinski definition) is 0. The van der Waals surface area contributed by atoms with Gasteiger partial charge in [-0.25, -0.2) is 15.0 Å². The minimum absolute atomic E-state index is 0.614. The van der Waals surface area contributed by atoms with Gasteiger partial charge in [0, 0.05) is 33.0 Å². The summed E-state index contributed by atoms with van der Waals surface area (Å²) in [5.74, 6) is 1.88. The third kappa shape index (κ3) is 5.26. The van der Waals surface area contributed by atoms with Crippen LogP contribution in [0.25, 0.3) is 89.5 Å². The molecule has 2 heterocycles. The molecular weight excluding hydrogens is 599 g/mol. The van der Waals surface area contributed by atoms with Gasteiger partial charge in [0.05, 0.1) is 0 Å². The Kier molecular flexibility index (Phi) is 7.10. The lowest BCUT2D eigenvalue weighted by molar-refractivity contribution is 0.670. The van der Waals surface area contributed by atoms with Crippen LogP contribution >= 0.6 is 0 Å². The first-order chi connectivity index (χ1) is 24.3. The largest absolute Gasteiger partial charge is 0.455 e. The van der Waals surface area contributed by atoms with Crippen molar-refractivity contribution in [2.45, 2.75) is 0 Å². The second-order valence-corrected chi connectivity index (χ2v) is 12.0. The maximum Gasteiger partial charge on any atom is 0.164 e. The topological polar surface area (TPSA) is 51.8 Å². The number of hydrogen-bond acceptors (Lipinski definition) is 4. The molecule has 0 bridgehead atoms. The standard InChI is InChI=1S/C45H29N3O/c1-5-15-30(16-6-1)36-25-14-26-39-40(36)41-37(31-17-7-2-8-18-31)27-28-38(42(41)49-39)34-23-13-24-35(29-34)45-47-43(32-19-9-3-10-20-32)46-44(48-45)33-21-11-4-12-22-33/h1-29H. The number of aromatic nitrogens is 3. The molecule has 9 aromatic rings. The Morgan fingerprint density at radius 2 is 0.735 bits per heavy atom. The van der Waals surface area contributed by atoms with Crippen molar-refractivity contribution < 1.29 is 4.42 Å². The molecule has 7 aromatic carbocycles. The van der Waals surface area contributed by atoms with Crippen LogP contribution in [0.4, 0.5) is 0 Å². The van der Waals surface area contributed by atoms with Crippen LogP contribution < -0.4 is 0 Å². The molecule has 0 aliphatic rings. The van der Waals surface area contributed by atoms with Crippen LogP contribution in [0.1, 0.15) is 0 Å². The van der Waals surface area contributed by atoms with Crippen molar-refractivity contribution in [1.82, 2.24) is 15.0 Å². The first-order valence-corrected chi connectivity index (χ1v) is 16.4. The van der Waals surface area contributed by atoms with Gasteiger partial charge in [-0.2, -0.15) is 0 Å². The summed E-state index contributed by atoms with van der Waals surface area (Å²) in [6.07, 6.45) is 0. The minimum Gasteiger partial charge on any atom is -0.455 e. The van der Waals surface area contributed by atoms with Gasteiger partial charge in [-0.05, 0) is 46.0 Å². The Balaban J connectivity index is 1.26. The Morgan fingerprint density at radius 1 is 0.306 bits per heavy atom. The van der Waals surface area contributed by atoms with E-state index in [0.29, 0.717) is 17.5 Å². The van der Waals surface area contributed by atoms with E-state index in [-0.39, 0.29) is 0 Å². The molecule has 49 heavy (non-hydrogen) atoms. The smallest absolute Gasteiger partial charge is 0.164 e. The summed E-state index contributed by atoms with van der Waals surface area (Å²) in [5, 5.41) is 2.21. The molecular formula is C45H29N3O. The van der Waals surface area contributed by atoms with Gasteiger partial charge in [-0.1, -0.05) is 158 Å². The van der Waals surface area contributed by atoms with Crippen LogP contribution in [0.5, 0.6) is 0 Å². The molecule has 230 valence electrons. The molecule has 0 aliphatic heterocycles. The normalized spacial score (nSPS) is 11.3. The van der Waals surface area contributed by atoms with Crippen molar-refractivity contribution in [2.75, 3.05) is 0 Å². The van der Waals surface area contributed by atoms with Gasteiger partial charge >= 0.3 is 0 Å². The molecule has 9 rings (SSSR count). The Hall–Kier alpha value is -6.65. The van der Waals surface area contributed by atoms with E-state index in [1.807, 2.05) is 60.7 Å². The third-order valence-corrected chi connectivity index (χ3v) is 8.95. The molecule has 0 atom stereocenters. The van der Waals surface area contributed by atoms with Crippen LogP contribution in [0.15, 0.2) is 180 Å². The van der Waals surface area contributed by atoms with Crippen LogP contribution in [0.3, 0.4) is 0 Å². The van der Waals surface area contributed by atoms with Crippen molar-refractivity contribution in [3.05, 3.63) is 176 Å². The average Bonchev–Trinajstić information content (AvgIpc) is 3.59. The van der Waals surface area contributed by atoms with Crippen molar-refractivity contribution >= 4 is 21.9 Å². The van der Waals surface area contributed by atoms with Crippen LogP contribution in [-0.4, -0.2) is 15.0 Å². The lowest BCUT2D eigenvalue weighted by Gasteiger charge is -2.11. The Labute approximate surface area is 284 Å². The van der Waals surface area contributed by atoms with E-state index >= 15 is 0 Å². The summed E-state index contributed by atoms with van der Waals surface area (Å²) in [4.78, 5) is 14.8. The first kappa shape index (κ1) is 28.6. The third-order valence-electron chi connectivity index (χ3n) is 8.95. The second kappa shape index (κ2) is 12.2. The number of benzene rings is 7. The SMILES string of the molecule is c1ccc(-c2nc(-c3ccccc3)nc(-c3cccc(-c4ccc(-c5ccccc5)c5c4oc4cccc(-c6ccccc6)c45)c3)n2)cc1. The van der Waals surface area contributed by atoms with E-state index in [1.165, 1.54) is 0 Å². The summed E-state index contributed by atoms with van der Waals surface area (Å²) >= 11 is 0. The summed E-state index contributed by atoms with van der Waals surface area (Å²) in [6, 6.07) is 60.3. The lowest BCUT2D eigenvalue weighted by atomic mass is 9.91. The highest BCUT2D eigenvalue weighted by molar-refractivity contribution is 6.20. The molecule has 0 saturated carbocycles. The molecule has 2 aromatic heterocycles. The van der Waals surface area contributed by atoms with Crippen molar-refractivity contribution in [3.63, 3.8) is 0 Å². The first-order valence-electron chi connectivity index (χ1n) is 16.4. The average molecular weight is 628 g/mol. The van der Waals surface area contributed by atoms with E-state index in [9.17, 15) is 0 Å². The number of rotatable bonds is 6. The van der Waals surface area contributed by atoms with E-state index < -0.39 is 0 Å². The molecule has 0 spiro atoms. The van der Waals surface area contributed by atoms with E-state index in [0.717, 1.165) is 72.0 Å². The fraction of sp³-hybridized carbons (Fsp3) is 0. The van der Waals surface area contributed by atoms with E-state index in [4.69, 9.17) is 19.4 Å². The fourth-order valence-electron chi connectivity index (χ4n) is 6.63. The van der Waals surface area contributed by atoms with Crippen molar-refractivity contribution in [2.24, 2.45) is 0 Å². The minimum atomic E-state index is 0.614. The molecule has 4 heteroatoms. The highest BCUT2D eigenvalue weighted by Crippen LogP contribution is 2.45. The highest BCUT2D eigenvalue weighted by Gasteiger charge is 2.21. The summed E-state index contributed by atoms with van der Waals surface area (Å²) in [6.45, 7) is 0. The Bertz CT molecular complexity index is 2520. The van der Waals surface area contributed by atoms with Crippen LogP contribution in [-0.2, 0) is 0 Å². The van der Waals surface area contributed by atoms with Gasteiger partial charge in [0.25, 0.3) is 0 Å². The zero-order chi connectivity index (χ0) is 32.6. The molecule has 0 radical (unpaired) electrons. The molecule has 0 unspecified atom stereocenters. The predicted molar refractivity (Wildman–Crippen MR) is 200 cm³/mol. The van der Waals surface area contributed by atoms with Crippen molar-refractivity contribution in [3.8, 4) is 67.5 Å².